The summed E-state index contributed by atoms with van der Waals surface area (Å²) in [4.78, 5) is 22.2. The number of amides is 2. The molecule has 0 aliphatic carbocycles. The number of carbonyl (C=O) groups excluding carboxylic acids is 1. The fraction of sp³-hybridized carbons (Fsp3) is 0.312. The van der Waals surface area contributed by atoms with Crippen LogP contribution in [0.1, 0.15) is 30.0 Å². The zero-order valence-corrected chi connectivity index (χ0v) is 14.0. The molecule has 124 valence electrons. The molecule has 0 aromatic carbocycles. The van der Waals surface area contributed by atoms with Crippen molar-refractivity contribution in [3.8, 4) is 0 Å². The highest BCUT2D eigenvalue weighted by Gasteiger charge is 2.43. The van der Waals surface area contributed by atoms with Gasteiger partial charge in [0.05, 0.1) is 11.1 Å². The van der Waals surface area contributed by atoms with Crippen molar-refractivity contribution in [2.24, 2.45) is 0 Å². The van der Waals surface area contributed by atoms with Gasteiger partial charge in [-0.1, -0.05) is 23.2 Å². The maximum Gasteiger partial charge on any atom is 0.323 e. The molecule has 5 nitrogen and oxygen atoms in total. The summed E-state index contributed by atoms with van der Waals surface area (Å²) >= 11 is 11.7. The van der Waals surface area contributed by atoms with Crippen molar-refractivity contribution in [2.45, 2.75) is 31.3 Å². The molecular formula is C16H13Cl2FN4O. The van der Waals surface area contributed by atoms with Gasteiger partial charge in [0.25, 0.3) is 0 Å². The van der Waals surface area contributed by atoms with Gasteiger partial charge >= 0.3 is 6.03 Å². The van der Waals surface area contributed by atoms with Crippen LogP contribution < -0.4 is 5.32 Å². The summed E-state index contributed by atoms with van der Waals surface area (Å²) in [5, 5.41) is 3.21. The third-order valence-corrected chi connectivity index (χ3v) is 5.30. The highest BCUT2D eigenvalue weighted by Crippen LogP contribution is 2.44. The molecule has 2 atom stereocenters. The van der Waals surface area contributed by atoms with Crippen molar-refractivity contribution in [2.75, 3.05) is 5.32 Å². The molecule has 0 saturated carbocycles. The van der Waals surface area contributed by atoms with E-state index in [1.807, 2.05) is 0 Å². The standard InChI is InChI=1S/C16H13Cl2FN4O/c17-11-2-4-13(21-14(11)18)22-16(24)23-8-1-3-12(23)9-5-6-20-15(19)10(9)7-8/h2,4-6,8,12H,1,3,7H2,(H,21,22,24). The van der Waals surface area contributed by atoms with Crippen LogP contribution in [-0.4, -0.2) is 26.9 Å². The number of urea groups is 1. The molecule has 1 saturated heterocycles. The predicted octanol–water partition coefficient (Wildman–Crippen LogP) is 4.22. The van der Waals surface area contributed by atoms with Gasteiger partial charge < -0.3 is 4.90 Å². The first-order valence-corrected chi connectivity index (χ1v) is 8.35. The summed E-state index contributed by atoms with van der Waals surface area (Å²) in [6.07, 6.45) is 3.57. The van der Waals surface area contributed by atoms with E-state index in [1.54, 1.807) is 23.1 Å². The molecule has 2 aliphatic heterocycles. The Morgan fingerprint density at radius 3 is 2.92 bits per heavy atom. The monoisotopic (exact) mass is 366 g/mol. The lowest BCUT2D eigenvalue weighted by Gasteiger charge is -2.36. The minimum absolute atomic E-state index is 0.0380. The second kappa shape index (κ2) is 5.86. The topological polar surface area (TPSA) is 58.1 Å². The van der Waals surface area contributed by atoms with Crippen molar-refractivity contribution in [1.29, 1.82) is 0 Å². The second-order valence-electron chi connectivity index (χ2n) is 5.93. The smallest absolute Gasteiger partial charge is 0.314 e. The van der Waals surface area contributed by atoms with Gasteiger partial charge in [-0.15, -0.1) is 0 Å². The zero-order valence-electron chi connectivity index (χ0n) is 12.5. The summed E-state index contributed by atoms with van der Waals surface area (Å²) in [7, 11) is 0. The Hall–Kier alpha value is -1.92. The van der Waals surface area contributed by atoms with Crippen LogP contribution in [0, 0.1) is 5.95 Å². The van der Waals surface area contributed by atoms with Crippen LogP contribution in [0.2, 0.25) is 10.2 Å². The quantitative estimate of drug-likeness (QED) is 0.768. The molecule has 2 aromatic rings. The third kappa shape index (κ3) is 2.50. The van der Waals surface area contributed by atoms with E-state index in [1.165, 1.54) is 6.20 Å². The van der Waals surface area contributed by atoms with Gasteiger partial charge in [-0.05, 0) is 43.0 Å². The van der Waals surface area contributed by atoms with Gasteiger partial charge in [0.2, 0.25) is 5.95 Å². The molecule has 2 aliphatic rings. The van der Waals surface area contributed by atoms with E-state index in [0.717, 1.165) is 18.4 Å². The Morgan fingerprint density at radius 1 is 1.29 bits per heavy atom. The lowest BCUT2D eigenvalue weighted by molar-refractivity contribution is 0.178. The first-order valence-electron chi connectivity index (χ1n) is 7.59. The van der Waals surface area contributed by atoms with Gasteiger partial charge in [0.15, 0.2) is 0 Å². The molecule has 2 bridgehead atoms. The van der Waals surface area contributed by atoms with E-state index in [2.05, 4.69) is 15.3 Å². The number of nitrogens with one attached hydrogen (secondary N) is 1. The second-order valence-corrected chi connectivity index (χ2v) is 6.69. The van der Waals surface area contributed by atoms with Crippen LogP contribution in [0.3, 0.4) is 0 Å². The molecule has 0 spiro atoms. The number of rotatable bonds is 1. The predicted molar refractivity (Wildman–Crippen MR) is 88.8 cm³/mol. The Balaban J connectivity index is 1.61. The highest BCUT2D eigenvalue weighted by atomic mass is 35.5. The van der Waals surface area contributed by atoms with E-state index < -0.39 is 5.95 Å². The van der Waals surface area contributed by atoms with Gasteiger partial charge in [-0.2, -0.15) is 4.39 Å². The zero-order chi connectivity index (χ0) is 16.8. The lowest BCUT2D eigenvalue weighted by Crippen LogP contribution is -2.44. The van der Waals surface area contributed by atoms with Gasteiger partial charge in [0.1, 0.15) is 11.0 Å². The van der Waals surface area contributed by atoms with Crippen LogP contribution in [0.4, 0.5) is 15.0 Å². The number of halogens is 3. The van der Waals surface area contributed by atoms with E-state index in [0.29, 0.717) is 22.8 Å². The third-order valence-electron chi connectivity index (χ3n) is 4.61. The van der Waals surface area contributed by atoms with Crippen molar-refractivity contribution in [3.05, 3.63) is 51.6 Å². The number of pyridine rings is 2. The van der Waals surface area contributed by atoms with E-state index in [9.17, 15) is 9.18 Å². The van der Waals surface area contributed by atoms with Crippen molar-refractivity contribution >= 4 is 35.1 Å². The molecule has 1 fully saturated rings. The maximum atomic E-state index is 13.9. The molecule has 1 N–H and O–H groups in total. The molecule has 2 amide bonds. The Morgan fingerprint density at radius 2 is 2.12 bits per heavy atom. The van der Waals surface area contributed by atoms with Crippen molar-refractivity contribution in [3.63, 3.8) is 0 Å². The van der Waals surface area contributed by atoms with Crippen molar-refractivity contribution in [1.82, 2.24) is 14.9 Å². The van der Waals surface area contributed by atoms with Crippen LogP contribution in [0.15, 0.2) is 24.4 Å². The number of anilines is 1. The van der Waals surface area contributed by atoms with E-state index in [4.69, 9.17) is 23.2 Å². The lowest BCUT2D eigenvalue weighted by atomic mass is 9.95. The number of carbonyl (C=O) groups is 1. The number of aromatic nitrogens is 2. The molecule has 4 rings (SSSR count). The number of hydrogen-bond donors (Lipinski definition) is 1. The molecule has 24 heavy (non-hydrogen) atoms. The summed E-state index contributed by atoms with van der Waals surface area (Å²) in [6.45, 7) is 0. The van der Waals surface area contributed by atoms with Crippen molar-refractivity contribution < 1.29 is 9.18 Å². The summed E-state index contributed by atoms with van der Waals surface area (Å²) in [6, 6.07) is 4.52. The normalized spacial score (nSPS) is 21.5. The SMILES string of the molecule is O=C(Nc1ccc(Cl)c(Cl)n1)N1C2CCC1c1ccnc(F)c1C2. The maximum absolute atomic E-state index is 13.9. The van der Waals surface area contributed by atoms with Gasteiger partial charge in [0, 0.05) is 17.8 Å². The van der Waals surface area contributed by atoms with E-state index >= 15 is 0 Å². The molecular weight excluding hydrogens is 354 g/mol. The van der Waals surface area contributed by atoms with Gasteiger partial charge in [-0.25, -0.2) is 14.8 Å². The molecule has 2 aromatic heterocycles. The number of fused-ring (bicyclic) bond motifs is 4. The highest BCUT2D eigenvalue weighted by molar-refractivity contribution is 6.41. The fourth-order valence-electron chi connectivity index (χ4n) is 3.59. The van der Waals surface area contributed by atoms with Crippen LogP contribution >= 0.6 is 23.2 Å². The fourth-order valence-corrected chi connectivity index (χ4v) is 3.85. The Kier molecular flexibility index (Phi) is 3.81. The average molecular weight is 367 g/mol. The van der Waals surface area contributed by atoms with E-state index in [-0.39, 0.29) is 23.3 Å². The Labute approximate surface area is 147 Å². The number of hydrogen-bond acceptors (Lipinski definition) is 3. The summed E-state index contributed by atoms with van der Waals surface area (Å²) < 4.78 is 13.9. The largest absolute Gasteiger partial charge is 0.323 e. The van der Waals surface area contributed by atoms with Crippen LogP contribution in [-0.2, 0) is 6.42 Å². The van der Waals surface area contributed by atoms with Crippen LogP contribution in [0.5, 0.6) is 0 Å². The molecule has 2 unspecified atom stereocenters. The first-order chi connectivity index (χ1) is 11.5. The molecule has 8 heteroatoms. The molecule has 4 heterocycles. The van der Waals surface area contributed by atoms with Crippen LogP contribution in [0.25, 0.3) is 0 Å². The minimum Gasteiger partial charge on any atom is -0.314 e. The van der Waals surface area contributed by atoms with Gasteiger partial charge in [-0.3, -0.25) is 5.32 Å². The summed E-state index contributed by atoms with van der Waals surface area (Å²) in [5.41, 5.74) is 1.47. The first kappa shape index (κ1) is 15.6. The summed E-state index contributed by atoms with van der Waals surface area (Å²) in [5.74, 6) is -0.101. The number of nitrogens with zero attached hydrogens (tertiary/aromatic N) is 3. The minimum atomic E-state index is -0.435. The Bertz CT molecular complexity index is 832. The molecule has 0 radical (unpaired) electrons. The average Bonchev–Trinajstić information content (AvgIpc) is 2.87.